The second kappa shape index (κ2) is 9.61. The number of benzene rings is 1. The molecule has 0 aliphatic carbocycles. The third-order valence-corrected chi connectivity index (χ3v) is 5.43. The van der Waals surface area contributed by atoms with E-state index in [1.54, 1.807) is 13.1 Å². The van der Waals surface area contributed by atoms with Crippen LogP contribution in [-0.4, -0.2) is 64.7 Å². The lowest BCUT2D eigenvalue weighted by molar-refractivity contribution is -0.139. The van der Waals surface area contributed by atoms with Crippen LogP contribution in [0, 0.1) is 0 Å². The van der Waals surface area contributed by atoms with E-state index in [1.165, 1.54) is 4.90 Å². The van der Waals surface area contributed by atoms with Crippen molar-refractivity contribution in [2.24, 2.45) is 11.5 Å². The van der Waals surface area contributed by atoms with Crippen molar-refractivity contribution in [2.45, 2.75) is 44.3 Å². The van der Waals surface area contributed by atoms with Crippen LogP contribution in [0.15, 0.2) is 30.5 Å². The first kappa shape index (κ1) is 22.3. The fraction of sp³-hybridized carbons (Fsp3) is 0.429. The lowest BCUT2D eigenvalue weighted by Gasteiger charge is -2.25. The smallest absolute Gasteiger partial charge is 0.243 e. The Labute approximate surface area is 179 Å². The van der Waals surface area contributed by atoms with Crippen LogP contribution in [-0.2, 0) is 25.6 Å². The summed E-state index contributed by atoms with van der Waals surface area (Å²) in [5, 5.41) is 6.05. The first-order valence-electron chi connectivity index (χ1n) is 10.3. The number of carbonyl (C=O) groups is 4. The van der Waals surface area contributed by atoms with Gasteiger partial charge in [0.25, 0.3) is 0 Å². The monoisotopic (exact) mass is 428 g/mol. The number of fused-ring (bicyclic) bond motifs is 1. The van der Waals surface area contributed by atoms with Crippen LogP contribution in [0.4, 0.5) is 0 Å². The Morgan fingerprint density at radius 2 is 2.00 bits per heavy atom. The molecule has 2 aromatic rings. The van der Waals surface area contributed by atoms with E-state index in [0.29, 0.717) is 19.4 Å². The second-order valence-electron chi connectivity index (χ2n) is 7.78. The maximum absolute atomic E-state index is 12.5. The molecule has 0 spiro atoms. The van der Waals surface area contributed by atoms with Crippen LogP contribution in [0.25, 0.3) is 10.9 Å². The van der Waals surface area contributed by atoms with Crippen molar-refractivity contribution in [3.63, 3.8) is 0 Å². The summed E-state index contributed by atoms with van der Waals surface area (Å²) in [6, 6.07) is 5.34. The number of aromatic amines is 1. The molecule has 10 heteroatoms. The molecule has 4 amide bonds. The van der Waals surface area contributed by atoms with E-state index >= 15 is 0 Å². The summed E-state index contributed by atoms with van der Waals surface area (Å²) >= 11 is 0. The number of likely N-dealkylation sites (tertiary alicyclic amines) is 1. The first-order chi connectivity index (χ1) is 14.8. The Bertz CT molecular complexity index is 985. The van der Waals surface area contributed by atoms with Crippen LogP contribution < -0.4 is 22.1 Å². The van der Waals surface area contributed by atoms with E-state index in [2.05, 4.69) is 15.6 Å². The van der Waals surface area contributed by atoms with Gasteiger partial charge in [-0.3, -0.25) is 19.2 Å². The minimum atomic E-state index is -0.925. The molecule has 1 aliphatic rings. The highest BCUT2D eigenvalue weighted by Crippen LogP contribution is 2.19. The zero-order chi connectivity index (χ0) is 22.5. The number of hydrogen-bond donors (Lipinski definition) is 5. The molecular formula is C21H28N6O4. The topological polar surface area (TPSA) is 163 Å². The average molecular weight is 428 g/mol. The van der Waals surface area contributed by atoms with Crippen molar-refractivity contribution in [1.82, 2.24) is 20.5 Å². The molecule has 0 saturated carbocycles. The molecule has 1 aromatic heterocycles. The zero-order valence-electron chi connectivity index (χ0n) is 17.4. The van der Waals surface area contributed by atoms with Crippen LogP contribution >= 0.6 is 0 Å². The number of carbonyl (C=O) groups excluding carboxylic acids is 4. The van der Waals surface area contributed by atoms with Crippen LogP contribution in [0.5, 0.6) is 0 Å². The summed E-state index contributed by atoms with van der Waals surface area (Å²) in [4.78, 5) is 53.4. The van der Waals surface area contributed by atoms with Gasteiger partial charge in [0.2, 0.25) is 23.6 Å². The van der Waals surface area contributed by atoms with E-state index < -0.39 is 35.8 Å². The lowest BCUT2D eigenvalue weighted by Crippen LogP contribution is -2.53. The van der Waals surface area contributed by atoms with E-state index in [4.69, 9.17) is 11.5 Å². The largest absolute Gasteiger partial charge is 0.368 e. The summed E-state index contributed by atoms with van der Waals surface area (Å²) in [6.07, 6.45) is 3.20. The van der Waals surface area contributed by atoms with Crippen LogP contribution in [0.1, 0.15) is 25.3 Å². The number of rotatable bonds is 8. The number of hydrogen-bond acceptors (Lipinski definition) is 5. The van der Waals surface area contributed by atoms with Gasteiger partial charge in [0.15, 0.2) is 0 Å². The number of nitrogens with one attached hydrogen (secondary N) is 3. The molecule has 31 heavy (non-hydrogen) atoms. The molecule has 2 heterocycles. The molecule has 1 aromatic carbocycles. The Balaban J connectivity index is 1.56. The Morgan fingerprint density at radius 1 is 1.26 bits per heavy atom. The van der Waals surface area contributed by atoms with E-state index in [9.17, 15) is 19.2 Å². The summed E-state index contributed by atoms with van der Waals surface area (Å²) in [7, 11) is 0. The van der Waals surface area contributed by atoms with Crippen molar-refractivity contribution < 1.29 is 19.2 Å². The minimum absolute atomic E-state index is 0.221. The van der Waals surface area contributed by atoms with Crippen molar-refractivity contribution >= 4 is 34.5 Å². The predicted molar refractivity (Wildman–Crippen MR) is 115 cm³/mol. The van der Waals surface area contributed by atoms with Crippen molar-refractivity contribution in [2.75, 3.05) is 13.1 Å². The van der Waals surface area contributed by atoms with Crippen molar-refractivity contribution in [3.05, 3.63) is 36.0 Å². The molecule has 0 radical (unpaired) electrons. The van der Waals surface area contributed by atoms with Crippen molar-refractivity contribution in [1.29, 1.82) is 0 Å². The van der Waals surface area contributed by atoms with Crippen LogP contribution in [0.3, 0.4) is 0 Å². The molecule has 1 saturated heterocycles. The Morgan fingerprint density at radius 3 is 2.71 bits per heavy atom. The number of H-pyrrole nitrogens is 1. The quantitative estimate of drug-likeness (QED) is 0.369. The van der Waals surface area contributed by atoms with E-state index in [1.807, 2.05) is 24.3 Å². The Kier molecular flexibility index (Phi) is 6.91. The average Bonchev–Trinajstić information content (AvgIpc) is 3.38. The molecule has 10 nitrogen and oxygen atoms in total. The molecule has 166 valence electrons. The highest BCUT2D eigenvalue weighted by molar-refractivity contribution is 5.93. The van der Waals surface area contributed by atoms with Gasteiger partial charge in [-0.1, -0.05) is 18.2 Å². The van der Waals surface area contributed by atoms with Gasteiger partial charge in [0.05, 0.1) is 12.6 Å². The van der Waals surface area contributed by atoms with Crippen molar-refractivity contribution in [3.8, 4) is 0 Å². The second-order valence-corrected chi connectivity index (χ2v) is 7.78. The number of primary amides is 1. The highest BCUT2D eigenvalue weighted by Gasteiger charge is 2.35. The zero-order valence-corrected chi connectivity index (χ0v) is 17.4. The van der Waals surface area contributed by atoms with Gasteiger partial charge in [0.1, 0.15) is 12.1 Å². The fourth-order valence-corrected chi connectivity index (χ4v) is 3.84. The SMILES string of the molecule is C[C@H](N)C(=O)N1CCC[C@H]1C(=O)NCC(=O)N[C@@H](Cc1c[nH]c2ccccc12)C(N)=O. The number of amides is 4. The number of nitrogens with zero attached hydrogens (tertiary/aromatic N) is 1. The van der Waals surface area contributed by atoms with Gasteiger partial charge in [-0.2, -0.15) is 0 Å². The molecule has 1 aliphatic heterocycles. The highest BCUT2D eigenvalue weighted by atomic mass is 16.2. The third kappa shape index (κ3) is 5.21. The van der Waals surface area contributed by atoms with Gasteiger partial charge in [0, 0.05) is 30.1 Å². The molecule has 1 fully saturated rings. The molecular weight excluding hydrogens is 400 g/mol. The number of aromatic nitrogens is 1. The summed E-state index contributed by atoms with van der Waals surface area (Å²) < 4.78 is 0. The molecule has 0 bridgehead atoms. The van der Waals surface area contributed by atoms with Gasteiger partial charge in [-0.15, -0.1) is 0 Å². The maximum Gasteiger partial charge on any atom is 0.243 e. The predicted octanol–water partition coefficient (Wildman–Crippen LogP) is -0.865. The van der Waals surface area contributed by atoms with E-state index in [0.717, 1.165) is 16.5 Å². The summed E-state index contributed by atoms with van der Waals surface area (Å²) in [5.41, 5.74) is 12.9. The van der Waals surface area contributed by atoms with Crippen LogP contribution in [0.2, 0.25) is 0 Å². The van der Waals surface area contributed by atoms with Gasteiger partial charge >= 0.3 is 0 Å². The number of nitrogens with two attached hydrogens (primary N) is 2. The number of para-hydroxylation sites is 1. The van der Waals surface area contributed by atoms with Gasteiger partial charge in [-0.05, 0) is 31.4 Å². The summed E-state index contributed by atoms with van der Waals surface area (Å²) in [5.74, 6) is -1.93. The minimum Gasteiger partial charge on any atom is -0.368 e. The fourth-order valence-electron chi connectivity index (χ4n) is 3.84. The van der Waals surface area contributed by atoms with E-state index in [-0.39, 0.29) is 18.9 Å². The van der Waals surface area contributed by atoms with Gasteiger partial charge < -0.3 is 32.0 Å². The normalized spacial score (nSPS) is 17.9. The van der Waals surface area contributed by atoms with Gasteiger partial charge in [-0.25, -0.2) is 0 Å². The molecule has 3 atom stereocenters. The molecule has 0 unspecified atom stereocenters. The third-order valence-electron chi connectivity index (χ3n) is 5.43. The molecule has 3 rings (SSSR count). The standard InChI is InChI=1S/C21H28N6O4/c1-12(22)21(31)27-8-4-7-17(27)20(30)25-11-18(28)26-16(19(23)29)9-13-10-24-15-6-3-2-5-14(13)15/h2-3,5-6,10,12,16-17,24H,4,7-9,11,22H2,1H3,(H2,23,29)(H,25,30)(H,26,28)/t12-,16-,17-/m0/s1. The lowest BCUT2D eigenvalue weighted by atomic mass is 10.0. The summed E-state index contributed by atoms with van der Waals surface area (Å²) in [6.45, 7) is 1.70. The molecule has 7 N–H and O–H groups in total. The first-order valence-corrected chi connectivity index (χ1v) is 10.3. The maximum atomic E-state index is 12.5. The Hall–Kier alpha value is -3.40.